The van der Waals surface area contributed by atoms with Crippen LogP contribution in [0.1, 0.15) is 6.42 Å². The molecular formula is C8H16N2O. The van der Waals surface area contributed by atoms with Gasteiger partial charge in [0.25, 0.3) is 0 Å². The predicted molar refractivity (Wildman–Crippen MR) is 43.3 cm³/mol. The average molecular weight is 156 g/mol. The Kier molecular flexibility index (Phi) is 2.11. The van der Waals surface area contributed by atoms with Crippen LogP contribution in [-0.2, 0) is 4.74 Å². The zero-order chi connectivity index (χ0) is 7.68. The third kappa shape index (κ3) is 1.41. The van der Waals surface area contributed by atoms with Crippen LogP contribution in [-0.4, -0.2) is 43.8 Å². The standard InChI is InChI=1S/C8H16N2O/c9-3-7-4-10(5-7)8-1-2-11-6-8/h7-8H,1-6,9H2. The van der Waals surface area contributed by atoms with Crippen molar-refractivity contribution >= 4 is 0 Å². The first-order valence-electron chi connectivity index (χ1n) is 4.42. The molecule has 0 bridgehead atoms. The molecule has 0 radical (unpaired) electrons. The summed E-state index contributed by atoms with van der Waals surface area (Å²) < 4.78 is 5.31. The van der Waals surface area contributed by atoms with Crippen molar-refractivity contribution in [2.75, 3.05) is 32.8 Å². The molecule has 0 aromatic rings. The first kappa shape index (κ1) is 7.53. The SMILES string of the molecule is NCC1CN(C2CCOC2)C1. The summed E-state index contributed by atoms with van der Waals surface area (Å²) in [6, 6.07) is 0.706. The van der Waals surface area contributed by atoms with E-state index in [0.29, 0.717) is 6.04 Å². The fraction of sp³-hybridized carbons (Fsp3) is 1.00. The van der Waals surface area contributed by atoms with Gasteiger partial charge in [-0.1, -0.05) is 0 Å². The molecule has 2 N–H and O–H groups in total. The molecule has 0 saturated carbocycles. The van der Waals surface area contributed by atoms with Gasteiger partial charge in [-0.3, -0.25) is 4.90 Å². The van der Waals surface area contributed by atoms with E-state index in [-0.39, 0.29) is 0 Å². The monoisotopic (exact) mass is 156 g/mol. The minimum atomic E-state index is 0.706. The molecule has 0 spiro atoms. The lowest BCUT2D eigenvalue weighted by Crippen LogP contribution is -2.54. The van der Waals surface area contributed by atoms with Crippen LogP contribution in [0.2, 0.25) is 0 Å². The van der Waals surface area contributed by atoms with Gasteiger partial charge in [0.2, 0.25) is 0 Å². The highest BCUT2D eigenvalue weighted by atomic mass is 16.5. The molecule has 11 heavy (non-hydrogen) atoms. The Morgan fingerprint density at radius 2 is 2.27 bits per heavy atom. The fourth-order valence-electron chi connectivity index (χ4n) is 1.87. The van der Waals surface area contributed by atoms with Crippen molar-refractivity contribution in [1.82, 2.24) is 4.90 Å². The minimum Gasteiger partial charge on any atom is -0.380 e. The lowest BCUT2D eigenvalue weighted by molar-refractivity contribution is 0.0490. The molecule has 64 valence electrons. The molecule has 0 aliphatic carbocycles. The normalized spacial score (nSPS) is 34.1. The average Bonchev–Trinajstić information content (AvgIpc) is 2.37. The van der Waals surface area contributed by atoms with Gasteiger partial charge in [0.1, 0.15) is 0 Å². The van der Waals surface area contributed by atoms with Gasteiger partial charge < -0.3 is 10.5 Å². The van der Waals surface area contributed by atoms with Crippen LogP contribution in [0.25, 0.3) is 0 Å². The van der Waals surface area contributed by atoms with Crippen molar-refractivity contribution in [3.63, 3.8) is 0 Å². The van der Waals surface area contributed by atoms with Crippen molar-refractivity contribution < 1.29 is 4.74 Å². The van der Waals surface area contributed by atoms with Crippen LogP contribution in [0.5, 0.6) is 0 Å². The molecular weight excluding hydrogens is 140 g/mol. The van der Waals surface area contributed by atoms with E-state index in [1.165, 1.54) is 19.5 Å². The summed E-state index contributed by atoms with van der Waals surface area (Å²) in [5.74, 6) is 0.760. The first-order chi connectivity index (χ1) is 5.40. The van der Waals surface area contributed by atoms with Crippen LogP contribution >= 0.6 is 0 Å². The largest absolute Gasteiger partial charge is 0.380 e. The molecule has 0 amide bonds. The summed E-state index contributed by atoms with van der Waals surface area (Å²) in [6.45, 7) is 5.14. The van der Waals surface area contributed by atoms with E-state index in [2.05, 4.69) is 4.90 Å². The van der Waals surface area contributed by atoms with Gasteiger partial charge in [-0.05, 0) is 18.9 Å². The minimum absolute atomic E-state index is 0.706. The topological polar surface area (TPSA) is 38.5 Å². The van der Waals surface area contributed by atoms with Gasteiger partial charge in [-0.15, -0.1) is 0 Å². The molecule has 0 aromatic heterocycles. The van der Waals surface area contributed by atoms with Gasteiger partial charge in [-0.2, -0.15) is 0 Å². The second-order valence-corrected chi connectivity index (χ2v) is 3.57. The molecule has 3 heteroatoms. The van der Waals surface area contributed by atoms with Gasteiger partial charge in [0.05, 0.1) is 6.61 Å². The van der Waals surface area contributed by atoms with E-state index in [9.17, 15) is 0 Å². The van der Waals surface area contributed by atoms with Gasteiger partial charge in [0.15, 0.2) is 0 Å². The molecule has 2 fully saturated rings. The van der Waals surface area contributed by atoms with Crippen LogP contribution in [0, 0.1) is 5.92 Å². The molecule has 2 saturated heterocycles. The van der Waals surface area contributed by atoms with Crippen molar-refractivity contribution in [3.05, 3.63) is 0 Å². The number of hydrogen-bond acceptors (Lipinski definition) is 3. The van der Waals surface area contributed by atoms with E-state index >= 15 is 0 Å². The van der Waals surface area contributed by atoms with Crippen LogP contribution in [0.3, 0.4) is 0 Å². The maximum atomic E-state index is 5.54. The van der Waals surface area contributed by atoms with Gasteiger partial charge in [0, 0.05) is 25.7 Å². The molecule has 1 unspecified atom stereocenters. The molecule has 2 aliphatic rings. The van der Waals surface area contributed by atoms with Crippen molar-refractivity contribution in [2.24, 2.45) is 11.7 Å². The number of ether oxygens (including phenoxy) is 1. The Bertz CT molecular complexity index is 128. The Morgan fingerprint density at radius 1 is 1.45 bits per heavy atom. The highest BCUT2D eigenvalue weighted by Gasteiger charge is 2.32. The molecule has 2 rings (SSSR count). The molecule has 1 atom stereocenters. The third-order valence-electron chi connectivity index (χ3n) is 2.74. The Labute approximate surface area is 67.5 Å². The molecule has 2 aliphatic heterocycles. The zero-order valence-electron chi connectivity index (χ0n) is 6.83. The van der Waals surface area contributed by atoms with Gasteiger partial charge >= 0.3 is 0 Å². The maximum absolute atomic E-state index is 5.54. The van der Waals surface area contributed by atoms with E-state index in [1.807, 2.05) is 0 Å². The third-order valence-corrected chi connectivity index (χ3v) is 2.74. The number of likely N-dealkylation sites (tertiary alicyclic amines) is 1. The summed E-state index contributed by atoms with van der Waals surface area (Å²) in [5, 5.41) is 0. The number of hydrogen-bond donors (Lipinski definition) is 1. The van der Waals surface area contributed by atoms with Crippen LogP contribution < -0.4 is 5.73 Å². The molecule has 2 heterocycles. The van der Waals surface area contributed by atoms with Crippen molar-refractivity contribution in [3.8, 4) is 0 Å². The smallest absolute Gasteiger partial charge is 0.0622 e. The number of nitrogens with zero attached hydrogens (tertiary/aromatic N) is 1. The van der Waals surface area contributed by atoms with Crippen LogP contribution in [0.4, 0.5) is 0 Å². The van der Waals surface area contributed by atoms with Crippen molar-refractivity contribution in [2.45, 2.75) is 12.5 Å². The first-order valence-corrected chi connectivity index (χ1v) is 4.42. The van der Waals surface area contributed by atoms with Gasteiger partial charge in [-0.25, -0.2) is 0 Å². The summed E-state index contributed by atoms with van der Waals surface area (Å²) in [6.07, 6.45) is 1.22. The Balaban J connectivity index is 1.73. The molecule has 3 nitrogen and oxygen atoms in total. The fourth-order valence-corrected chi connectivity index (χ4v) is 1.87. The highest BCUT2D eigenvalue weighted by molar-refractivity contribution is 4.87. The Morgan fingerprint density at radius 3 is 2.82 bits per heavy atom. The second kappa shape index (κ2) is 3.09. The number of rotatable bonds is 2. The van der Waals surface area contributed by atoms with E-state index in [4.69, 9.17) is 10.5 Å². The zero-order valence-corrected chi connectivity index (χ0v) is 6.83. The van der Waals surface area contributed by atoms with Crippen LogP contribution in [0.15, 0.2) is 0 Å². The van der Waals surface area contributed by atoms with E-state index in [1.54, 1.807) is 0 Å². The maximum Gasteiger partial charge on any atom is 0.0622 e. The van der Waals surface area contributed by atoms with Crippen molar-refractivity contribution in [1.29, 1.82) is 0 Å². The number of nitrogens with two attached hydrogens (primary N) is 1. The molecule has 0 aromatic carbocycles. The summed E-state index contributed by atoms with van der Waals surface area (Å²) in [4.78, 5) is 2.49. The second-order valence-electron chi connectivity index (χ2n) is 3.57. The lowest BCUT2D eigenvalue weighted by Gasteiger charge is -2.42. The Hall–Kier alpha value is -0.120. The summed E-state index contributed by atoms with van der Waals surface area (Å²) in [7, 11) is 0. The quantitative estimate of drug-likeness (QED) is 0.595. The van der Waals surface area contributed by atoms with E-state index in [0.717, 1.165) is 25.7 Å². The summed E-state index contributed by atoms with van der Waals surface area (Å²) >= 11 is 0. The highest BCUT2D eigenvalue weighted by Crippen LogP contribution is 2.22. The summed E-state index contributed by atoms with van der Waals surface area (Å²) in [5.41, 5.74) is 5.54. The van der Waals surface area contributed by atoms with E-state index < -0.39 is 0 Å². The predicted octanol–water partition coefficient (Wildman–Crippen LogP) is -0.334. The lowest BCUT2D eigenvalue weighted by atomic mass is 9.97.